The fourth-order valence-corrected chi connectivity index (χ4v) is 3.65. The second kappa shape index (κ2) is 8.07. The molecule has 0 aliphatic carbocycles. The van der Waals surface area contributed by atoms with Gasteiger partial charge in [0.05, 0.1) is 23.0 Å². The van der Waals surface area contributed by atoms with Crippen molar-refractivity contribution >= 4 is 46.0 Å². The number of hydrogen-bond acceptors (Lipinski definition) is 5. The Bertz CT molecular complexity index is 1460. The van der Waals surface area contributed by atoms with E-state index in [9.17, 15) is 4.79 Å². The van der Waals surface area contributed by atoms with Crippen molar-refractivity contribution in [3.05, 3.63) is 88.4 Å². The lowest BCUT2D eigenvalue weighted by molar-refractivity contribution is 0.102. The molecule has 0 aliphatic rings. The monoisotopic (exact) mass is 463 g/mol. The summed E-state index contributed by atoms with van der Waals surface area (Å²) < 4.78 is 3.24. The summed E-state index contributed by atoms with van der Waals surface area (Å²) in [6, 6.07) is 15.7. The van der Waals surface area contributed by atoms with Crippen LogP contribution in [0.3, 0.4) is 0 Å². The third kappa shape index (κ3) is 3.70. The van der Waals surface area contributed by atoms with Crippen molar-refractivity contribution in [3.63, 3.8) is 0 Å². The molecule has 0 saturated heterocycles. The molecule has 3 aromatic heterocycles. The normalized spacial score (nSPS) is 11.1. The standard InChI is InChI=1S/C22H15Cl2N7O/c1-13-9-19(28-22(32)14-5-7-15(23)8-6-14)31(29-13)21-18-11-27-30(20(18)25-12-26-21)17-4-2-3-16(24)10-17/h2-12H,1H3,(H,28,32). The Morgan fingerprint density at radius 3 is 2.56 bits per heavy atom. The van der Waals surface area contributed by atoms with E-state index in [-0.39, 0.29) is 5.91 Å². The molecule has 8 nitrogen and oxygen atoms in total. The highest BCUT2D eigenvalue weighted by molar-refractivity contribution is 6.31. The Kier molecular flexibility index (Phi) is 5.08. The topological polar surface area (TPSA) is 90.5 Å². The average molecular weight is 464 g/mol. The number of nitrogens with zero attached hydrogens (tertiary/aromatic N) is 6. The smallest absolute Gasteiger partial charge is 0.256 e. The van der Waals surface area contributed by atoms with E-state index >= 15 is 0 Å². The van der Waals surface area contributed by atoms with Gasteiger partial charge in [0.25, 0.3) is 5.91 Å². The molecule has 32 heavy (non-hydrogen) atoms. The molecule has 5 rings (SSSR count). The summed E-state index contributed by atoms with van der Waals surface area (Å²) >= 11 is 12.1. The number of carbonyl (C=O) groups is 1. The molecule has 5 aromatic rings. The van der Waals surface area contributed by atoms with Crippen LogP contribution in [-0.4, -0.2) is 35.4 Å². The molecular weight excluding hydrogens is 449 g/mol. The van der Waals surface area contributed by atoms with Gasteiger partial charge in [-0.05, 0) is 49.4 Å². The predicted octanol–water partition coefficient (Wildman–Crippen LogP) is 4.87. The molecule has 0 aliphatic heterocycles. The summed E-state index contributed by atoms with van der Waals surface area (Å²) in [6.45, 7) is 1.84. The molecule has 0 spiro atoms. The molecule has 158 valence electrons. The molecule has 0 fully saturated rings. The van der Waals surface area contributed by atoms with Gasteiger partial charge in [-0.1, -0.05) is 29.3 Å². The summed E-state index contributed by atoms with van der Waals surface area (Å²) in [5, 5.41) is 13.7. The largest absolute Gasteiger partial charge is 0.306 e. The van der Waals surface area contributed by atoms with Crippen molar-refractivity contribution in [2.45, 2.75) is 6.92 Å². The Morgan fingerprint density at radius 1 is 0.969 bits per heavy atom. The molecule has 3 heterocycles. The van der Waals surface area contributed by atoms with Gasteiger partial charge in [-0.3, -0.25) is 4.79 Å². The zero-order valence-corrected chi connectivity index (χ0v) is 18.2. The van der Waals surface area contributed by atoms with E-state index in [2.05, 4.69) is 25.5 Å². The SMILES string of the molecule is Cc1cc(NC(=O)c2ccc(Cl)cc2)n(-c2ncnc3c2cnn3-c2cccc(Cl)c2)n1. The highest BCUT2D eigenvalue weighted by Gasteiger charge is 2.18. The zero-order valence-electron chi connectivity index (χ0n) is 16.7. The summed E-state index contributed by atoms with van der Waals surface area (Å²) in [7, 11) is 0. The van der Waals surface area contributed by atoms with E-state index in [0.29, 0.717) is 44.0 Å². The Morgan fingerprint density at radius 2 is 1.78 bits per heavy atom. The van der Waals surface area contributed by atoms with Gasteiger partial charge in [-0.25, -0.2) is 14.6 Å². The Balaban J connectivity index is 1.56. The van der Waals surface area contributed by atoms with Crippen LogP contribution in [0.25, 0.3) is 22.5 Å². The van der Waals surface area contributed by atoms with Crippen molar-refractivity contribution in [1.29, 1.82) is 0 Å². The molecule has 10 heteroatoms. The number of benzene rings is 2. The van der Waals surface area contributed by atoms with E-state index in [0.717, 1.165) is 5.69 Å². The highest BCUT2D eigenvalue weighted by Crippen LogP contribution is 2.25. The van der Waals surface area contributed by atoms with Crippen LogP contribution in [-0.2, 0) is 0 Å². The fraction of sp³-hybridized carbons (Fsp3) is 0.0455. The second-order valence-electron chi connectivity index (χ2n) is 7.01. The minimum Gasteiger partial charge on any atom is -0.306 e. The first-order valence-corrected chi connectivity index (χ1v) is 10.3. The number of carbonyl (C=O) groups excluding carboxylic acids is 1. The van der Waals surface area contributed by atoms with Crippen LogP contribution in [0.5, 0.6) is 0 Å². The summed E-state index contributed by atoms with van der Waals surface area (Å²) in [6.07, 6.45) is 3.09. The lowest BCUT2D eigenvalue weighted by Gasteiger charge is -2.09. The molecule has 0 unspecified atom stereocenters. The van der Waals surface area contributed by atoms with Gasteiger partial charge in [0.1, 0.15) is 12.1 Å². The van der Waals surface area contributed by atoms with Crippen LogP contribution in [0.2, 0.25) is 10.0 Å². The molecule has 2 aromatic carbocycles. The second-order valence-corrected chi connectivity index (χ2v) is 7.89. The number of anilines is 1. The van der Waals surface area contributed by atoms with E-state index in [1.165, 1.54) is 6.33 Å². The molecule has 0 bridgehead atoms. The zero-order chi connectivity index (χ0) is 22.2. The van der Waals surface area contributed by atoms with Crippen LogP contribution < -0.4 is 5.32 Å². The minimum atomic E-state index is -0.289. The fourth-order valence-electron chi connectivity index (χ4n) is 3.34. The number of aryl methyl sites for hydroxylation is 1. The Hall–Kier alpha value is -3.75. The lowest BCUT2D eigenvalue weighted by Crippen LogP contribution is -2.15. The summed E-state index contributed by atoms with van der Waals surface area (Å²) in [5.74, 6) is 0.670. The quantitative estimate of drug-likeness (QED) is 0.410. The number of aromatic nitrogens is 6. The number of fused-ring (bicyclic) bond motifs is 1. The van der Waals surface area contributed by atoms with E-state index in [4.69, 9.17) is 23.2 Å². The van der Waals surface area contributed by atoms with Gasteiger partial charge in [0.15, 0.2) is 11.5 Å². The van der Waals surface area contributed by atoms with E-state index in [1.807, 2.05) is 19.1 Å². The van der Waals surface area contributed by atoms with E-state index < -0.39 is 0 Å². The van der Waals surface area contributed by atoms with Gasteiger partial charge in [-0.2, -0.15) is 14.9 Å². The van der Waals surface area contributed by atoms with Crippen LogP contribution in [0.4, 0.5) is 5.82 Å². The highest BCUT2D eigenvalue weighted by atomic mass is 35.5. The third-order valence-corrected chi connectivity index (χ3v) is 5.26. The molecule has 0 atom stereocenters. The van der Waals surface area contributed by atoms with Crippen molar-refractivity contribution in [1.82, 2.24) is 29.5 Å². The lowest BCUT2D eigenvalue weighted by atomic mass is 10.2. The van der Waals surface area contributed by atoms with Crippen LogP contribution in [0.15, 0.2) is 67.1 Å². The van der Waals surface area contributed by atoms with E-state index in [1.54, 1.807) is 58.0 Å². The van der Waals surface area contributed by atoms with Gasteiger partial charge in [0, 0.05) is 21.7 Å². The minimum absolute atomic E-state index is 0.289. The molecule has 0 saturated carbocycles. The maximum absolute atomic E-state index is 12.7. The molecule has 1 amide bonds. The average Bonchev–Trinajstić information content (AvgIpc) is 3.37. The van der Waals surface area contributed by atoms with Crippen LogP contribution >= 0.6 is 23.2 Å². The number of amides is 1. The van der Waals surface area contributed by atoms with Gasteiger partial charge in [-0.15, -0.1) is 0 Å². The number of rotatable bonds is 4. The van der Waals surface area contributed by atoms with Gasteiger partial charge < -0.3 is 5.32 Å². The van der Waals surface area contributed by atoms with Crippen molar-refractivity contribution < 1.29 is 4.79 Å². The number of hydrogen-bond donors (Lipinski definition) is 1. The third-order valence-electron chi connectivity index (χ3n) is 4.78. The summed E-state index contributed by atoms with van der Waals surface area (Å²) in [4.78, 5) is 21.5. The maximum Gasteiger partial charge on any atom is 0.256 e. The molecule has 1 N–H and O–H groups in total. The van der Waals surface area contributed by atoms with Crippen LogP contribution in [0, 0.1) is 6.92 Å². The van der Waals surface area contributed by atoms with Gasteiger partial charge in [0.2, 0.25) is 0 Å². The Labute approximate surface area is 192 Å². The molecule has 0 radical (unpaired) electrons. The number of halogens is 2. The van der Waals surface area contributed by atoms with Gasteiger partial charge >= 0.3 is 0 Å². The predicted molar refractivity (Wildman–Crippen MR) is 123 cm³/mol. The summed E-state index contributed by atoms with van der Waals surface area (Å²) in [5.41, 5.74) is 2.54. The number of nitrogens with one attached hydrogen (secondary N) is 1. The molecular formula is C22H15Cl2N7O. The van der Waals surface area contributed by atoms with Crippen molar-refractivity contribution in [3.8, 4) is 11.5 Å². The van der Waals surface area contributed by atoms with Crippen molar-refractivity contribution in [2.24, 2.45) is 0 Å². The first-order valence-electron chi connectivity index (χ1n) is 9.58. The van der Waals surface area contributed by atoms with Crippen molar-refractivity contribution in [2.75, 3.05) is 5.32 Å². The maximum atomic E-state index is 12.7. The first-order chi connectivity index (χ1) is 15.5. The van der Waals surface area contributed by atoms with Crippen LogP contribution in [0.1, 0.15) is 16.1 Å². The first kappa shape index (κ1) is 20.2.